The van der Waals surface area contributed by atoms with Crippen molar-refractivity contribution in [2.45, 2.75) is 0 Å². The molecule has 1 heterocycles. The van der Waals surface area contributed by atoms with Crippen molar-refractivity contribution in [3.63, 3.8) is 0 Å². The van der Waals surface area contributed by atoms with Gasteiger partial charge in [-0.2, -0.15) is 0 Å². The first kappa shape index (κ1) is 12.4. The molecule has 0 fully saturated rings. The standard InChI is InChI=1S/C13H11ClN2O2/c1-18-12-3-2-8(6-10(12)14)11-7-9(13(15)17)4-5-16-11/h2-7H,1H3,(H2,15,17). The summed E-state index contributed by atoms with van der Waals surface area (Å²) in [5, 5.41) is 0.487. The number of primary amides is 1. The highest BCUT2D eigenvalue weighted by Crippen LogP contribution is 2.29. The van der Waals surface area contributed by atoms with Crippen molar-refractivity contribution in [2.24, 2.45) is 5.73 Å². The van der Waals surface area contributed by atoms with E-state index < -0.39 is 5.91 Å². The lowest BCUT2D eigenvalue weighted by Gasteiger charge is -2.06. The van der Waals surface area contributed by atoms with E-state index in [0.29, 0.717) is 22.0 Å². The number of carbonyl (C=O) groups is 1. The number of nitrogens with two attached hydrogens (primary N) is 1. The third-order valence-electron chi connectivity index (χ3n) is 2.49. The number of amides is 1. The molecule has 1 aromatic carbocycles. The lowest BCUT2D eigenvalue weighted by atomic mass is 10.1. The summed E-state index contributed by atoms with van der Waals surface area (Å²) >= 11 is 6.04. The number of methoxy groups -OCH3 is 1. The Bertz CT molecular complexity index is 599. The Morgan fingerprint density at radius 2 is 2.11 bits per heavy atom. The molecule has 1 amide bonds. The zero-order chi connectivity index (χ0) is 13.1. The van der Waals surface area contributed by atoms with E-state index in [0.717, 1.165) is 5.56 Å². The second-order valence-electron chi connectivity index (χ2n) is 3.64. The van der Waals surface area contributed by atoms with Gasteiger partial charge in [0.1, 0.15) is 5.75 Å². The number of hydrogen-bond acceptors (Lipinski definition) is 3. The molecule has 0 atom stereocenters. The fraction of sp³-hybridized carbons (Fsp3) is 0.0769. The van der Waals surface area contributed by atoms with Gasteiger partial charge in [-0.15, -0.1) is 0 Å². The van der Waals surface area contributed by atoms with Crippen LogP contribution in [-0.2, 0) is 0 Å². The summed E-state index contributed by atoms with van der Waals surface area (Å²) in [6, 6.07) is 8.49. The van der Waals surface area contributed by atoms with Crippen LogP contribution >= 0.6 is 11.6 Å². The minimum atomic E-state index is -0.488. The Kier molecular flexibility index (Phi) is 3.48. The van der Waals surface area contributed by atoms with Gasteiger partial charge in [-0.05, 0) is 30.3 Å². The molecular formula is C13H11ClN2O2. The van der Waals surface area contributed by atoms with Gasteiger partial charge in [-0.25, -0.2) is 0 Å². The van der Waals surface area contributed by atoms with Crippen LogP contribution in [0.4, 0.5) is 0 Å². The summed E-state index contributed by atoms with van der Waals surface area (Å²) in [4.78, 5) is 15.3. The highest BCUT2D eigenvalue weighted by molar-refractivity contribution is 6.32. The molecule has 0 aliphatic heterocycles. The van der Waals surface area contributed by atoms with Crippen molar-refractivity contribution in [3.8, 4) is 17.0 Å². The minimum absolute atomic E-state index is 0.409. The van der Waals surface area contributed by atoms with Crippen LogP contribution in [0.3, 0.4) is 0 Å². The SMILES string of the molecule is COc1ccc(-c2cc(C(N)=O)ccn2)cc1Cl. The van der Waals surface area contributed by atoms with E-state index >= 15 is 0 Å². The maximum absolute atomic E-state index is 11.1. The Morgan fingerprint density at radius 1 is 1.33 bits per heavy atom. The van der Waals surface area contributed by atoms with Crippen molar-refractivity contribution in [1.29, 1.82) is 0 Å². The van der Waals surface area contributed by atoms with Gasteiger partial charge < -0.3 is 10.5 Å². The number of pyridine rings is 1. The first-order valence-electron chi connectivity index (χ1n) is 5.21. The summed E-state index contributed by atoms with van der Waals surface area (Å²) in [6.07, 6.45) is 1.54. The zero-order valence-electron chi connectivity index (χ0n) is 9.68. The zero-order valence-corrected chi connectivity index (χ0v) is 10.4. The molecule has 0 bridgehead atoms. The molecule has 2 N–H and O–H groups in total. The molecule has 0 saturated heterocycles. The van der Waals surface area contributed by atoms with Crippen molar-refractivity contribution in [3.05, 3.63) is 47.1 Å². The predicted molar refractivity (Wildman–Crippen MR) is 69.8 cm³/mol. The number of rotatable bonds is 3. The van der Waals surface area contributed by atoms with Crippen LogP contribution in [0.5, 0.6) is 5.75 Å². The van der Waals surface area contributed by atoms with Gasteiger partial charge in [0.25, 0.3) is 0 Å². The second-order valence-corrected chi connectivity index (χ2v) is 4.05. The van der Waals surface area contributed by atoms with Crippen LogP contribution in [0, 0.1) is 0 Å². The maximum Gasteiger partial charge on any atom is 0.248 e. The molecule has 0 aliphatic carbocycles. The van der Waals surface area contributed by atoms with Gasteiger partial charge in [-0.1, -0.05) is 11.6 Å². The van der Waals surface area contributed by atoms with Crippen LogP contribution in [0.2, 0.25) is 5.02 Å². The molecule has 1 aromatic heterocycles. The normalized spacial score (nSPS) is 10.1. The smallest absolute Gasteiger partial charge is 0.248 e. The molecule has 18 heavy (non-hydrogen) atoms. The third kappa shape index (κ3) is 2.43. The van der Waals surface area contributed by atoms with Crippen LogP contribution in [0.1, 0.15) is 10.4 Å². The molecule has 0 spiro atoms. The minimum Gasteiger partial charge on any atom is -0.495 e. The monoisotopic (exact) mass is 262 g/mol. The molecule has 0 radical (unpaired) electrons. The number of aromatic nitrogens is 1. The molecule has 0 saturated carbocycles. The number of ether oxygens (including phenoxy) is 1. The number of benzene rings is 1. The van der Waals surface area contributed by atoms with E-state index in [1.807, 2.05) is 6.07 Å². The molecule has 0 aliphatic rings. The highest BCUT2D eigenvalue weighted by atomic mass is 35.5. The quantitative estimate of drug-likeness (QED) is 0.924. The van der Waals surface area contributed by atoms with Crippen molar-refractivity contribution in [1.82, 2.24) is 4.98 Å². The summed E-state index contributed by atoms with van der Waals surface area (Å²) < 4.78 is 5.07. The van der Waals surface area contributed by atoms with Crippen LogP contribution in [-0.4, -0.2) is 18.0 Å². The third-order valence-corrected chi connectivity index (χ3v) is 2.79. The Morgan fingerprint density at radius 3 is 2.72 bits per heavy atom. The molecule has 5 heteroatoms. The Hall–Kier alpha value is -2.07. The summed E-state index contributed by atoms with van der Waals surface area (Å²) in [5.74, 6) is 0.102. The van der Waals surface area contributed by atoms with Crippen LogP contribution in [0.25, 0.3) is 11.3 Å². The average molecular weight is 263 g/mol. The van der Waals surface area contributed by atoms with E-state index in [4.69, 9.17) is 22.1 Å². The maximum atomic E-state index is 11.1. The molecule has 92 valence electrons. The fourth-order valence-corrected chi connectivity index (χ4v) is 1.83. The lowest BCUT2D eigenvalue weighted by molar-refractivity contribution is 0.1000. The number of halogens is 1. The number of carbonyl (C=O) groups excluding carboxylic acids is 1. The van der Waals surface area contributed by atoms with Gasteiger partial charge in [-0.3, -0.25) is 9.78 Å². The van der Waals surface area contributed by atoms with Crippen molar-refractivity contribution >= 4 is 17.5 Å². The molecule has 4 nitrogen and oxygen atoms in total. The fourth-order valence-electron chi connectivity index (χ4n) is 1.57. The first-order valence-corrected chi connectivity index (χ1v) is 5.59. The summed E-state index contributed by atoms with van der Waals surface area (Å²) in [5.41, 5.74) is 7.06. The predicted octanol–water partition coefficient (Wildman–Crippen LogP) is 2.51. The topological polar surface area (TPSA) is 65.2 Å². The van der Waals surface area contributed by atoms with Crippen molar-refractivity contribution in [2.75, 3.05) is 7.11 Å². The molecule has 0 unspecified atom stereocenters. The van der Waals surface area contributed by atoms with Gasteiger partial charge in [0.2, 0.25) is 5.91 Å². The van der Waals surface area contributed by atoms with Crippen molar-refractivity contribution < 1.29 is 9.53 Å². The van der Waals surface area contributed by atoms with E-state index in [-0.39, 0.29) is 0 Å². The second kappa shape index (κ2) is 5.06. The lowest BCUT2D eigenvalue weighted by Crippen LogP contribution is -2.10. The number of nitrogens with zero attached hydrogens (tertiary/aromatic N) is 1. The van der Waals surface area contributed by atoms with Crippen LogP contribution in [0.15, 0.2) is 36.5 Å². The largest absolute Gasteiger partial charge is 0.495 e. The van der Waals surface area contributed by atoms with E-state index in [1.165, 1.54) is 6.20 Å². The van der Waals surface area contributed by atoms with E-state index in [1.54, 1.807) is 31.4 Å². The van der Waals surface area contributed by atoms with Gasteiger partial charge in [0, 0.05) is 17.3 Å². The van der Waals surface area contributed by atoms with E-state index in [9.17, 15) is 4.79 Å². The molecule has 2 aromatic rings. The van der Waals surface area contributed by atoms with E-state index in [2.05, 4.69) is 4.98 Å². The molecule has 2 rings (SSSR count). The highest BCUT2D eigenvalue weighted by Gasteiger charge is 2.07. The summed E-state index contributed by atoms with van der Waals surface area (Å²) in [7, 11) is 1.55. The van der Waals surface area contributed by atoms with Gasteiger partial charge in [0.05, 0.1) is 17.8 Å². The molecular weight excluding hydrogens is 252 g/mol. The Labute approximate surface area is 109 Å². The van der Waals surface area contributed by atoms with Gasteiger partial charge >= 0.3 is 0 Å². The van der Waals surface area contributed by atoms with Gasteiger partial charge in [0.15, 0.2) is 0 Å². The number of hydrogen-bond donors (Lipinski definition) is 1. The summed E-state index contributed by atoms with van der Waals surface area (Å²) in [6.45, 7) is 0. The first-order chi connectivity index (χ1) is 8.61. The Balaban J connectivity index is 2.45. The average Bonchev–Trinajstić information content (AvgIpc) is 2.38. The van der Waals surface area contributed by atoms with Crippen LogP contribution < -0.4 is 10.5 Å².